The largest absolute Gasteiger partial charge is 0.493 e. The predicted molar refractivity (Wildman–Crippen MR) is 116 cm³/mol. The van der Waals surface area contributed by atoms with Gasteiger partial charge in [-0.3, -0.25) is 25.2 Å². The van der Waals surface area contributed by atoms with Crippen LogP contribution >= 0.6 is 11.6 Å². The van der Waals surface area contributed by atoms with Crippen molar-refractivity contribution in [2.75, 3.05) is 11.9 Å². The molecule has 0 fully saturated rings. The van der Waals surface area contributed by atoms with Crippen molar-refractivity contribution in [1.82, 2.24) is 10.9 Å². The Kier molecular flexibility index (Phi) is 8.68. The number of carbonyl (C=O) groups is 3. The molecule has 160 valence electrons. The third-order valence-corrected chi connectivity index (χ3v) is 4.53. The summed E-state index contributed by atoms with van der Waals surface area (Å²) in [6.45, 7) is 6.40. The highest BCUT2D eigenvalue weighted by Gasteiger charge is 2.12. The van der Waals surface area contributed by atoms with Crippen LogP contribution in [0.3, 0.4) is 0 Å². The summed E-state index contributed by atoms with van der Waals surface area (Å²) in [7, 11) is 0. The average Bonchev–Trinajstić information content (AvgIpc) is 2.72. The minimum absolute atomic E-state index is 0.0355. The summed E-state index contributed by atoms with van der Waals surface area (Å²) < 4.78 is 5.59. The maximum atomic E-state index is 12.2. The maximum absolute atomic E-state index is 12.2. The number of nitrogens with one attached hydrogen (secondary N) is 3. The maximum Gasteiger partial charge on any atom is 0.269 e. The standard InChI is InChI=1S/C22H26ClN3O4/c1-14(2)13-30-17-7-4-6-16(12-17)22(29)26-25-21(28)11-10-20(27)24-19-9-5-8-18(23)15(19)3/h4-9,12,14H,10-11,13H2,1-3H3,(H,24,27)(H,25,28)(H,26,29). The summed E-state index contributed by atoms with van der Waals surface area (Å²) in [5.74, 6) is -0.333. The molecular weight excluding hydrogens is 406 g/mol. The number of ether oxygens (including phenoxy) is 1. The zero-order valence-electron chi connectivity index (χ0n) is 17.3. The quantitative estimate of drug-likeness (QED) is 0.553. The number of carbonyl (C=O) groups excluding carboxylic acids is 3. The monoisotopic (exact) mass is 431 g/mol. The first-order chi connectivity index (χ1) is 14.3. The van der Waals surface area contributed by atoms with Crippen LogP contribution in [0.5, 0.6) is 5.75 Å². The smallest absolute Gasteiger partial charge is 0.269 e. The molecule has 0 atom stereocenters. The first-order valence-corrected chi connectivity index (χ1v) is 10.0. The van der Waals surface area contributed by atoms with Gasteiger partial charge in [-0.05, 0) is 48.7 Å². The summed E-state index contributed by atoms with van der Waals surface area (Å²) in [6, 6.07) is 11.9. The molecule has 7 nitrogen and oxygen atoms in total. The van der Waals surface area contributed by atoms with Crippen LogP contribution in [0.1, 0.15) is 42.6 Å². The van der Waals surface area contributed by atoms with Crippen LogP contribution in [0.4, 0.5) is 5.69 Å². The summed E-state index contributed by atoms with van der Waals surface area (Å²) in [4.78, 5) is 36.2. The van der Waals surface area contributed by atoms with E-state index < -0.39 is 11.8 Å². The van der Waals surface area contributed by atoms with Crippen molar-refractivity contribution in [3.05, 3.63) is 58.6 Å². The predicted octanol–water partition coefficient (Wildman–Crippen LogP) is 3.86. The van der Waals surface area contributed by atoms with Gasteiger partial charge in [-0.2, -0.15) is 0 Å². The Hall–Kier alpha value is -3.06. The lowest BCUT2D eigenvalue weighted by Crippen LogP contribution is -2.41. The fraction of sp³-hybridized carbons (Fsp3) is 0.318. The SMILES string of the molecule is Cc1c(Cl)cccc1NC(=O)CCC(=O)NNC(=O)c1cccc(OCC(C)C)c1. The van der Waals surface area contributed by atoms with Gasteiger partial charge in [0.15, 0.2) is 0 Å². The van der Waals surface area contributed by atoms with E-state index in [2.05, 4.69) is 16.2 Å². The highest BCUT2D eigenvalue weighted by Crippen LogP contribution is 2.23. The van der Waals surface area contributed by atoms with Crippen LogP contribution in [0.2, 0.25) is 5.02 Å². The van der Waals surface area contributed by atoms with Gasteiger partial charge in [0.05, 0.1) is 6.61 Å². The van der Waals surface area contributed by atoms with Crippen LogP contribution in [-0.2, 0) is 9.59 Å². The molecule has 3 N–H and O–H groups in total. The molecule has 0 saturated heterocycles. The van der Waals surface area contributed by atoms with Gasteiger partial charge in [0.2, 0.25) is 11.8 Å². The second kappa shape index (κ2) is 11.2. The normalized spacial score (nSPS) is 10.4. The number of amides is 3. The third-order valence-electron chi connectivity index (χ3n) is 4.12. The van der Waals surface area contributed by atoms with Gasteiger partial charge in [0.1, 0.15) is 5.75 Å². The zero-order valence-corrected chi connectivity index (χ0v) is 18.0. The van der Waals surface area contributed by atoms with Crippen molar-refractivity contribution in [3.8, 4) is 5.75 Å². The average molecular weight is 432 g/mol. The molecule has 0 aromatic heterocycles. The van der Waals surface area contributed by atoms with E-state index in [0.29, 0.717) is 34.5 Å². The van der Waals surface area contributed by atoms with Gasteiger partial charge < -0.3 is 10.1 Å². The third kappa shape index (κ3) is 7.40. The number of halogens is 1. The van der Waals surface area contributed by atoms with E-state index >= 15 is 0 Å². The minimum atomic E-state index is -0.478. The molecule has 0 radical (unpaired) electrons. The van der Waals surface area contributed by atoms with Crippen LogP contribution in [0.25, 0.3) is 0 Å². The molecule has 2 rings (SSSR count). The number of rotatable bonds is 8. The number of anilines is 1. The molecule has 0 aliphatic heterocycles. The van der Waals surface area contributed by atoms with E-state index in [1.807, 2.05) is 13.8 Å². The van der Waals surface area contributed by atoms with E-state index in [4.69, 9.17) is 16.3 Å². The van der Waals surface area contributed by atoms with Gasteiger partial charge in [-0.25, -0.2) is 0 Å². The molecule has 3 amide bonds. The summed E-state index contributed by atoms with van der Waals surface area (Å²) in [5, 5.41) is 3.27. The number of hydrogen-bond acceptors (Lipinski definition) is 4. The lowest BCUT2D eigenvalue weighted by atomic mass is 10.2. The van der Waals surface area contributed by atoms with Crippen molar-refractivity contribution < 1.29 is 19.1 Å². The highest BCUT2D eigenvalue weighted by molar-refractivity contribution is 6.31. The summed E-state index contributed by atoms with van der Waals surface area (Å²) >= 11 is 6.02. The van der Waals surface area contributed by atoms with Crippen molar-refractivity contribution in [2.24, 2.45) is 5.92 Å². The number of hydrazine groups is 1. The van der Waals surface area contributed by atoms with Gasteiger partial charge in [0.25, 0.3) is 5.91 Å². The lowest BCUT2D eigenvalue weighted by molar-refractivity contribution is -0.124. The van der Waals surface area contributed by atoms with Crippen molar-refractivity contribution in [1.29, 1.82) is 0 Å². The van der Waals surface area contributed by atoms with E-state index in [1.165, 1.54) is 0 Å². The fourth-order valence-corrected chi connectivity index (χ4v) is 2.61. The van der Waals surface area contributed by atoms with E-state index in [0.717, 1.165) is 5.56 Å². The number of benzene rings is 2. The second-order valence-corrected chi connectivity index (χ2v) is 7.60. The molecule has 0 spiro atoms. The van der Waals surface area contributed by atoms with E-state index in [-0.39, 0.29) is 18.7 Å². The molecule has 30 heavy (non-hydrogen) atoms. The van der Waals surface area contributed by atoms with Crippen LogP contribution in [0, 0.1) is 12.8 Å². The Morgan fingerprint density at radius 1 is 1.00 bits per heavy atom. The molecule has 0 bridgehead atoms. The van der Waals surface area contributed by atoms with Crippen molar-refractivity contribution in [3.63, 3.8) is 0 Å². The fourth-order valence-electron chi connectivity index (χ4n) is 2.43. The molecule has 0 heterocycles. The van der Waals surface area contributed by atoms with Crippen molar-refractivity contribution in [2.45, 2.75) is 33.6 Å². The van der Waals surface area contributed by atoms with Gasteiger partial charge in [-0.1, -0.05) is 37.6 Å². The molecule has 0 unspecified atom stereocenters. The summed E-state index contributed by atoms with van der Waals surface area (Å²) in [5.41, 5.74) is 6.35. The van der Waals surface area contributed by atoms with Crippen LogP contribution < -0.4 is 20.9 Å². The molecule has 2 aromatic carbocycles. The van der Waals surface area contributed by atoms with Gasteiger partial charge >= 0.3 is 0 Å². The lowest BCUT2D eigenvalue weighted by Gasteiger charge is -2.11. The van der Waals surface area contributed by atoms with Gasteiger partial charge in [-0.15, -0.1) is 0 Å². The topological polar surface area (TPSA) is 96.5 Å². The molecule has 0 aliphatic rings. The minimum Gasteiger partial charge on any atom is -0.493 e. The molecule has 0 aliphatic carbocycles. The highest BCUT2D eigenvalue weighted by atomic mass is 35.5. The Labute approximate surface area is 181 Å². The molecular formula is C22H26ClN3O4. The van der Waals surface area contributed by atoms with E-state index in [1.54, 1.807) is 49.4 Å². The molecule has 0 saturated carbocycles. The Balaban J connectivity index is 1.77. The van der Waals surface area contributed by atoms with E-state index in [9.17, 15) is 14.4 Å². The Morgan fingerprint density at radius 2 is 1.70 bits per heavy atom. The van der Waals surface area contributed by atoms with Crippen LogP contribution in [-0.4, -0.2) is 24.3 Å². The molecule has 8 heteroatoms. The zero-order chi connectivity index (χ0) is 22.1. The Morgan fingerprint density at radius 3 is 2.43 bits per heavy atom. The summed E-state index contributed by atoms with van der Waals surface area (Å²) in [6.07, 6.45) is -0.116. The second-order valence-electron chi connectivity index (χ2n) is 7.20. The Bertz CT molecular complexity index is 915. The van der Waals surface area contributed by atoms with Gasteiger partial charge in [0, 0.05) is 29.1 Å². The number of hydrogen-bond donors (Lipinski definition) is 3. The first-order valence-electron chi connectivity index (χ1n) is 9.63. The molecule has 2 aromatic rings. The first kappa shape index (κ1) is 23.2. The van der Waals surface area contributed by atoms with Crippen LogP contribution in [0.15, 0.2) is 42.5 Å². The van der Waals surface area contributed by atoms with Crippen molar-refractivity contribution >= 4 is 35.0 Å².